The van der Waals surface area contributed by atoms with E-state index in [4.69, 9.17) is 0 Å². The van der Waals surface area contributed by atoms with E-state index in [9.17, 15) is 36.5 Å². The van der Waals surface area contributed by atoms with Gasteiger partial charge in [0.2, 0.25) is 15.8 Å². The fourth-order valence-corrected chi connectivity index (χ4v) is 7.87. The molecule has 1 saturated heterocycles. The predicted octanol–water partition coefficient (Wildman–Crippen LogP) is 2.86. The number of anilines is 1. The van der Waals surface area contributed by atoms with Crippen LogP contribution in [0.2, 0.25) is 0 Å². The van der Waals surface area contributed by atoms with Crippen molar-refractivity contribution < 1.29 is 31.3 Å². The number of rotatable bonds is 5. The molecule has 2 bridgehead atoms. The number of sulfonamides is 1. The Hall–Kier alpha value is -2.28. The number of fused-ring (bicyclic) bond motifs is 2. The Balaban J connectivity index is 1.50. The first-order chi connectivity index (χ1) is 15.2. The number of halogens is 3. The van der Waals surface area contributed by atoms with Crippen LogP contribution < -0.4 is 4.90 Å². The fraction of sp³-hybridized carbons (Fsp3) is 0.700. The van der Waals surface area contributed by atoms with E-state index in [1.165, 1.54) is 9.21 Å². The second kappa shape index (κ2) is 7.62. The van der Waals surface area contributed by atoms with Gasteiger partial charge in [-0.15, -0.1) is 0 Å². The number of aromatic nitrogens is 1. The first-order valence-electron chi connectivity index (χ1n) is 10.7. The highest BCUT2D eigenvalue weighted by Crippen LogP contribution is 2.64. The van der Waals surface area contributed by atoms with Gasteiger partial charge in [-0.25, -0.2) is 13.4 Å². The third-order valence-corrected chi connectivity index (χ3v) is 9.88. The lowest BCUT2D eigenvalue weighted by molar-refractivity contribution is -0.384. The molecular formula is C20H25F3N4O5S. The van der Waals surface area contributed by atoms with Gasteiger partial charge in [0.05, 0.1) is 16.2 Å². The number of pyridine rings is 1. The van der Waals surface area contributed by atoms with Crippen molar-refractivity contribution >= 4 is 27.3 Å². The normalized spacial score (nSPS) is 27.8. The number of ketones is 1. The molecule has 13 heteroatoms. The Morgan fingerprint density at radius 1 is 1.24 bits per heavy atom. The minimum atomic E-state index is -4.77. The third kappa shape index (κ3) is 3.78. The van der Waals surface area contributed by atoms with Gasteiger partial charge in [0.1, 0.15) is 5.78 Å². The van der Waals surface area contributed by atoms with Crippen LogP contribution in [0, 0.1) is 26.9 Å². The van der Waals surface area contributed by atoms with E-state index in [2.05, 4.69) is 4.98 Å². The fourth-order valence-electron chi connectivity index (χ4n) is 5.67. The van der Waals surface area contributed by atoms with Gasteiger partial charge in [0, 0.05) is 50.3 Å². The number of Topliss-reactive ketones (excluding diaryl/α,β-unsaturated/α-hetero) is 1. The molecule has 1 aromatic heterocycles. The summed E-state index contributed by atoms with van der Waals surface area (Å²) in [5.74, 6) is -0.311. The zero-order chi connectivity index (χ0) is 24.4. The monoisotopic (exact) mass is 490 g/mol. The predicted molar refractivity (Wildman–Crippen MR) is 112 cm³/mol. The molecule has 2 heterocycles. The summed E-state index contributed by atoms with van der Waals surface area (Å²) in [5, 5.41) is 11.4. The van der Waals surface area contributed by atoms with E-state index < -0.39 is 43.2 Å². The van der Waals surface area contributed by atoms with Crippen LogP contribution in [0.4, 0.5) is 24.7 Å². The molecule has 182 valence electrons. The van der Waals surface area contributed by atoms with Gasteiger partial charge in [-0.1, -0.05) is 13.8 Å². The summed E-state index contributed by atoms with van der Waals surface area (Å²) in [6.07, 6.45) is -2.46. The molecule has 0 radical (unpaired) electrons. The first-order valence-corrected chi connectivity index (χ1v) is 12.3. The van der Waals surface area contributed by atoms with Crippen molar-refractivity contribution in [3.63, 3.8) is 0 Å². The van der Waals surface area contributed by atoms with E-state index in [0.29, 0.717) is 25.1 Å². The van der Waals surface area contributed by atoms with Gasteiger partial charge in [-0.3, -0.25) is 14.9 Å². The average molecular weight is 491 g/mol. The maximum absolute atomic E-state index is 13.2. The molecule has 0 amide bonds. The largest absolute Gasteiger partial charge is 0.418 e. The highest BCUT2D eigenvalue weighted by molar-refractivity contribution is 7.89. The van der Waals surface area contributed by atoms with Crippen LogP contribution in [0.15, 0.2) is 12.3 Å². The molecular weight excluding hydrogens is 465 g/mol. The van der Waals surface area contributed by atoms with E-state index >= 15 is 0 Å². The van der Waals surface area contributed by atoms with Crippen LogP contribution in [0.5, 0.6) is 0 Å². The van der Waals surface area contributed by atoms with Crippen LogP contribution in [-0.4, -0.2) is 60.3 Å². The van der Waals surface area contributed by atoms with Crippen LogP contribution >= 0.6 is 0 Å². The molecule has 1 aromatic rings. The van der Waals surface area contributed by atoms with Crippen molar-refractivity contribution in [1.82, 2.24) is 9.29 Å². The molecule has 3 fully saturated rings. The molecule has 0 unspecified atom stereocenters. The number of carbonyl (C=O) groups is 1. The molecule has 2 atom stereocenters. The Labute approximate surface area is 189 Å². The van der Waals surface area contributed by atoms with Crippen molar-refractivity contribution in [2.75, 3.05) is 36.8 Å². The molecule has 0 spiro atoms. The molecule has 2 aliphatic carbocycles. The molecule has 9 nitrogen and oxygen atoms in total. The topological polar surface area (TPSA) is 114 Å². The van der Waals surface area contributed by atoms with E-state index in [1.54, 1.807) is 0 Å². The molecule has 33 heavy (non-hydrogen) atoms. The van der Waals surface area contributed by atoms with E-state index in [-0.39, 0.29) is 49.5 Å². The number of alkyl halides is 3. The summed E-state index contributed by atoms with van der Waals surface area (Å²) in [5.41, 5.74) is -3.31. The molecule has 1 aliphatic heterocycles. The molecule has 0 aromatic carbocycles. The number of nitrogens with zero attached hydrogens (tertiary/aromatic N) is 4. The zero-order valence-electron chi connectivity index (χ0n) is 18.3. The van der Waals surface area contributed by atoms with Crippen LogP contribution in [0.3, 0.4) is 0 Å². The maximum Gasteiger partial charge on any atom is 0.418 e. The standard InChI is InChI=1S/C20H25F3N4O5S/c1-18(2)13-3-4-19(18,16(28)10-13)12-33(31,32)26-7-5-25(6-8-26)17-15(27(29)30)9-14(11-24-17)20(21,22)23/h9,11,13H,3-8,10,12H2,1-2H3/t13-,19+/m1/s1. The Morgan fingerprint density at radius 3 is 2.36 bits per heavy atom. The lowest BCUT2D eigenvalue weighted by Crippen LogP contribution is -2.53. The number of hydrogen-bond donors (Lipinski definition) is 0. The zero-order valence-corrected chi connectivity index (χ0v) is 19.1. The first kappa shape index (κ1) is 23.9. The number of carbonyl (C=O) groups excluding carboxylic acids is 1. The van der Waals surface area contributed by atoms with Crippen molar-refractivity contribution in [2.24, 2.45) is 16.7 Å². The van der Waals surface area contributed by atoms with E-state index in [0.717, 1.165) is 6.42 Å². The minimum Gasteiger partial charge on any atom is -0.348 e. The Kier molecular flexibility index (Phi) is 5.51. The molecule has 4 rings (SSSR count). The summed E-state index contributed by atoms with van der Waals surface area (Å²) >= 11 is 0. The highest BCUT2D eigenvalue weighted by atomic mass is 32.2. The minimum absolute atomic E-state index is 0.00365. The third-order valence-electron chi connectivity index (χ3n) is 7.87. The summed E-state index contributed by atoms with van der Waals surface area (Å²) in [4.78, 5) is 28.2. The van der Waals surface area contributed by atoms with Gasteiger partial charge < -0.3 is 4.90 Å². The lowest BCUT2D eigenvalue weighted by atomic mass is 9.70. The summed E-state index contributed by atoms with van der Waals surface area (Å²) in [6, 6.07) is 0.439. The second-order valence-electron chi connectivity index (χ2n) is 9.63. The van der Waals surface area contributed by atoms with Crippen LogP contribution in [0.25, 0.3) is 0 Å². The van der Waals surface area contributed by atoms with Crippen molar-refractivity contribution in [3.05, 3.63) is 27.9 Å². The van der Waals surface area contributed by atoms with Crippen LogP contribution in [-0.2, 0) is 21.0 Å². The van der Waals surface area contributed by atoms with Crippen molar-refractivity contribution in [2.45, 2.75) is 39.3 Å². The van der Waals surface area contributed by atoms with Gasteiger partial charge in [-0.05, 0) is 24.2 Å². The Bertz CT molecular complexity index is 1100. The summed E-state index contributed by atoms with van der Waals surface area (Å²) in [7, 11) is -3.79. The lowest BCUT2D eigenvalue weighted by Gasteiger charge is -2.39. The quantitative estimate of drug-likeness (QED) is 0.461. The van der Waals surface area contributed by atoms with Gasteiger partial charge in [-0.2, -0.15) is 17.5 Å². The summed E-state index contributed by atoms with van der Waals surface area (Å²) in [6.45, 7) is 3.97. The number of hydrogen-bond acceptors (Lipinski definition) is 7. The van der Waals surface area contributed by atoms with Gasteiger partial charge in [0.15, 0.2) is 0 Å². The van der Waals surface area contributed by atoms with Crippen LogP contribution in [0.1, 0.15) is 38.7 Å². The van der Waals surface area contributed by atoms with E-state index in [1.807, 2.05) is 13.8 Å². The maximum atomic E-state index is 13.2. The molecule has 2 saturated carbocycles. The number of nitro groups is 1. The number of piperazine rings is 1. The Morgan fingerprint density at radius 2 is 1.88 bits per heavy atom. The van der Waals surface area contributed by atoms with Gasteiger partial charge in [0.25, 0.3) is 0 Å². The summed E-state index contributed by atoms with van der Waals surface area (Å²) < 4.78 is 66.5. The average Bonchev–Trinajstić information content (AvgIpc) is 3.07. The van der Waals surface area contributed by atoms with Gasteiger partial charge >= 0.3 is 11.9 Å². The smallest absolute Gasteiger partial charge is 0.348 e. The molecule has 0 N–H and O–H groups in total. The SMILES string of the molecule is CC1(C)[C@@H]2CC[C@]1(CS(=O)(=O)N1CCN(c3ncc(C(F)(F)F)cc3[N+](=O)[O-])CC1)C(=O)C2. The molecule has 3 aliphatic rings. The highest BCUT2D eigenvalue weighted by Gasteiger charge is 2.65. The van der Waals surface area contributed by atoms with Crippen molar-refractivity contribution in [3.8, 4) is 0 Å². The second-order valence-corrected chi connectivity index (χ2v) is 11.6. The van der Waals surface area contributed by atoms with Crippen molar-refractivity contribution in [1.29, 1.82) is 0 Å².